The van der Waals surface area contributed by atoms with Gasteiger partial charge in [0.1, 0.15) is 53.5 Å². The number of hydrogen-bond acceptors (Lipinski definition) is 20. The fourth-order valence-corrected chi connectivity index (χ4v) is 12.8. The number of likely N-dealkylation sites (tertiary alicyclic amines) is 1. The summed E-state index contributed by atoms with van der Waals surface area (Å²) in [5, 5.41) is 35.7. The zero-order valence-electron chi connectivity index (χ0n) is 55.1. The van der Waals surface area contributed by atoms with Gasteiger partial charge >= 0.3 is 31.4 Å². The molecule has 4 amide bonds. The molecule has 5 heterocycles. The molecule has 1 fully saturated rings. The lowest BCUT2D eigenvalue weighted by Crippen LogP contribution is -2.50. The number of nitrogens with zero attached hydrogens (tertiary/aromatic N) is 3. The molecule has 5 bridgehead atoms. The number of fused-ring (bicyclic) bond motifs is 13. The van der Waals surface area contributed by atoms with Crippen LogP contribution in [0.1, 0.15) is 166 Å². The molecule has 1 aromatic rings. The van der Waals surface area contributed by atoms with Gasteiger partial charge in [-0.2, -0.15) is 0 Å². The van der Waals surface area contributed by atoms with E-state index in [-0.39, 0.29) is 107 Å². The molecular weight excluding hydrogens is 1210 g/mol. The maximum Gasteiger partial charge on any atom is 0.410 e. The van der Waals surface area contributed by atoms with E-state index in [9.17, 15) is 62.9 Å². The van der Waals surface area contributed by atoms with Crippen LogP contribution in [0.15, 0.2) is 52.5 Å². The molecule has 1 aliphatic carbocycles. The SMILES string of the molecule is CCC(=O)OCOC(=O)N[C@@H](CCCCCNC(=O)CCC(C=O)P(=O)(O)O)C(=O)N(C)CC(=O)O[C@@H]1[C@@H](C)[C@@H](O)[C@@H](C)[C@H](C)[C@H](C)[C@@H](C)/C=C/O[C@@]2(C)Oc3c(C)c(O)c4c(c3C2=O)C2=NC3(CCN(CC(C)C)CC3)NC2=C(NC(=O)/C(C)=C\C=C\[C@@H]1C)C4=O. The van der Waals surface area contributed by atoms with E-state index in [0.717, 1.165) is 11.4 Å². The highest BCUT2D eigenvalue weighted by molar-refractivity contribution is 7.53. The van der Waals surface area contributed by atoms with Crippen LogP contribution in [0.2, 0.25) is 0 Å². The number of aromatic hydroxyl groups is 1. The van der Waals surface area contributed by atoms with Gasteiger partial charge in [-0.1, -0.05) is 93.4 Å². The summed E-state index contributed by atoms with van der Waals surface area (Å²) in [7, 11) is -3.39. The Labute approximate surface area is 537 Å². The number of hydrogen-bond donors (Lipinski definition) is 8. The fourth-order valence-electron chi connectivity index (χ4n) is 12.2. The zero-order valence-corrected chi connectivity index (χ0v) is 56.0. The van der Waals surface area contributed by atoms with Gasteiger partial charge in [-0.25, -0.2) is 4.79 Å². The van der Waals surface area contributed by atoms with Crippen LogP contribution in [0.25, 0.3) is 0 Å². The Morgan fingerprint density at radius 2 is 1.59 bits per heavy atom. The van der Waals surface area contributed by atoms with Crippen molar-refractivity contribution in [2.24, 2.45) is 46.4 Å². The zero-order chi connectivity index (χ0) is 68.3. The number of aliphatic hydroxyl groups is 1. The van der Waals surface area contributed by atoms with Gasteiger partial charge in [-0.05, 0) is 68.8 Å². The first-order chi connectivity index (χ1) is 43.2. The van der Waals surface area contributed by atoms with Crippen LogP contribution < -0.4 is 26.0 Å². The minimum absolute atomic E-state index is 0.0125. The highest BCUT2D eigenvalue weighted by Crippen LogP contribution is 2.50. The number of phenolic OH excluding ortho intramolecular Hbond substituents is 1. The molecule has 6 aliphatic rings. The highest BCUT2D eigenvalue weighted by atomic mass is 31.2. The smallest absolute Gasteiger partial charge is 0.410 e. The summed E-state index contributed by atoms with van der Waals surface area (Å²) in [6, 6.07) is -1.28. The monoisotopic (exact) mass is 1310 g/mol. The number of ketones is 2. The number of rotatable bonds is 21. The number of unbranched alkanes of at least 4 members (excludes halogenated alkanes) is 2. The third-order valence-corrected chi connectivity index (χ3v) is 19.7. The summed E-state index contributed by atoms with van der Waals surface area (Å²) < 4.78 is 40.1. The van der Waals surface area contributed by atoms with Crippen molar-refractivity contribution < 1.29 is 91.4 Å². The molecule has 11 atom stereocenters. The van der Waals surface area contributed by atoms with Crippen molar-refractivity contribution in [3.05, 3.63) is 69.8 Å². The molecule has 0 aromatic heterocycles. The highest BCUT2D eigenvalue weighted by Gasteiger charge is 2.54. The number of carbonyl (C=O) groups is 9. The van der Waals surface area contributed by atoms with Gasteiger partial charge in [-0.3, -0.25) is 43.1 Å². The summed E-state index contributed by atoms with van der Waals surface area (Å²) in [5.74, 6) is -9.13. The second-order valence-corrected chi connectivity index (χ2v) is 27.6. The van der Waals surface area contributed by atoms with Crippen molar-refractivity contribution in [1.29, 1.82) is 0 Å². The maximum absolute atomic E-state index is 15.0. The number of amides is 4. The van der Waals surface area contributed by atoms with Gasteiger partial charge in [0.2, 0.25) is 24.4 Å². The number of nitrogens with one attached hydrogen (secondary N) is 4. The van der Waals surface area contributed by atoms with E-state index in [1.54, 1.807) is 39.0 Å². The Hall–Kier alpha value is -7.25. The molecule has 1 spiro atoms. The van der Waals surface area contributed by atoms with Gasteiger partial charge in [0.25, 0.3) is 11.7 Å². The summed E-state index contributed by atoms with van der Waals surface area (Å²) in [6.45, 7) is 22.7. The number of Topliss-reactive ketones (excluding diaryl/α,β-unsaturated/α-hetero) is 2. The number of aldehydes is 1. The summed E-state index contributed by atoms with van der Waals surface area (Å²) >= 11 is 0. The molecular formula is C65H94N7O19P. The number of alkyl carbamates (subject to hydrolysis) is 1. The van der Waals surface area contributed by atoms with Crippen LogP contribution >= 0.6 is 7.60 Å². The normalized spacial score (nSPS) is 26.9. The van der Waals surface area contributed by atoms with Crippen molar-refractivity contribution in [3.8, 4) is 11.5 Å². The molecule has 508 valence electrons. The van der Waals surface area contributed by atoms with Crippen molar-refractivity contribution in [3.63, 3.8) is 0 Å². The number of benzene rings is 1. The number of likely N-dealkylation sites (N-methyl/N-ethyl adjacent to an activating group) is 1. The molecule has 1 unspecified atom stereocenters. The van der Waals surface area contributed by atoms with Gasteiger partial charge in [0.05, 0.1) is 34.9 Å². The quantitative estimate of drug-likeness (QED) is 0.0225. The van der Waals surface area contributed by atoms with Crippen molar-refractivity contribution in [1.82, 2.24) is 31.1 Å². The second-order valence-electron chi connectivity index (χ2n) is 25.8. The number of aliphatic hydroxyl groups excluding tert-OH is 1. The lowest BCUT2D eigenvalue weighted by Gasteiger charge is -2.38. The first-order valence-electron chi connectivity index (χ1n) is 31.7. The summed E-state index contributed by atoms with van der Waals surface area (Å²) in [4.78, 5) is 148. The van der Waals surface area contributed by atoms with Crippen LogP contribution in [-0.2, 0) is 52.3 Å². The average molecular weight is 1310 g/mol. The van der Waals surface area contributed by atoms with E-state index >= 15 is 4.79 Å². The first kappa shape index (κ1) is 73.8. The Morgan fingerprint density at radius 3 is 2.23 bits per heavy atom. The number of allylic oxidation sites excluding steroid dienone is 5. The van der Waals surface area contributed by atoms with Crippen LogP contribution in [0.4, 0.5) is 4.79 Å². The number of ether oxygens (including phenoxy) is 5. The fraction of sp³-hybridized carbons (Fsp3) is 0.631. The van der Waals surface area contributed by atoms with E-state index in [0.29, 0.717) is 51.1 Å². The molecule has 5 aliphatic heterocycles. The summed E-state index contributed by atoms with van der Waals surface area (Å²) in [6.07, 6.45) is 6.37. The van der Waals surface area contributed by atoms with Gasteiger partial charge < -0.3 is 79.5 Å². The molecule has 7 rings (SSSR count). The van der Waals surface area contributed by atoms with E-state index in [1.807, 2.05) is 27.7 Å². The Morgan fingerprint density at radius 1 is 0.902 bits per heavy atom. The maximum atomic E-state index is 15.0. The second kappa shape index (κ2) is 31.6. The predicted octanol–water partition coefficient (Wildman–Crippen LogP) is 6.16. The Balaban J connectivity index is 1.27. The topological polar surface area (TPSA) is 365 Å². The Kier molecular flexibility index (Phi) is 25.3. The molecule has 1 saturated heterocycles. The summed E-state index contributed by atoms with van der Waals surface area (Å²) in [5.41, 5.74) is -2.17. The minimum Gasteiger partial charge on any atom is -0.507 e. The molecule has 92 heavy (non-hydrogen) atoms. The van der Waals surface area contributed by atoms with Crippen LogP contribution in [0, 0.1) is 48.3 Å². The number of carbonyl (C=O) groups excluding carboxylic acids is 9. The predicted molar refractivity (Wildman–Crippen MR) is 338 cm³/mol. The van der Waals surface area contributed by atoms with Crippen LogP contribution in [0.5, 0.6) is 11.5 Å². The minimum atomic E-state index is -4.71. The number of phenols is 1. The van der Waals surface area contributed by atoms with E-state index in [2.05, 4.69) is 40.0 Å². The molecule has 8 N–H and O–H groups in total. The first-order valence-corrected chi connectivity index (χ1v) is 33.4. The van der Waals surface area contributed by atoms with Gasteiger partial charge in [-0.15, -0.1) is 0 Å². The molecule has 1 aromatic carbocycles. The van der Waals surface area contributed by atoms with Crippen molar-refractivity contribution in [2.45, 2.75) is 176 Å². The van der Waals surface area contributed by atoms with E-state index in [4.69, 9.17) is 28.7 Å². The lowest BCUT2D eigenvalue weighted by molar-refractivity contribution is -0.161. The van der Waals surface area contributed by atoms with E-state index in [1.165, 1.54) is 40.2 Å². The van der Waals surface area contributed by atoms with Gasteiger partial charge in [0.15, 0.2) is 0 Å². The van der Waals surface area contributed by atoms with Crippen LogP contribution in [-0.4, -0.2) is 171 Å². The van der Waals surface area contributed by atoms with Gasteiger partial charge in [0, 0.05) is 94.4 Å². The Bertz CT molecular complexity index is 3180. The van der Waals surface area contributed by atoms with Crippen LogP contribution in [0.3, 0.4) is 0 Å². The standard InChI is InChI=1S/C65H94N7O19P/c1-14-47(75)87-34-88-63(83)67-45(21-16-15-17-27-66-46(74)23-22-44(33-73)92(84,85)86)62(82)71(13)32-48(76)90-58-37(5)19-18-20-38(6)61(81)68-54-53-52(69-65(70-53)25-28-72(29-26-65)31-35(2)3)49-50(57(54)79)56(78)43(11)59-51(49)60(80)64(12,91-59)89-30-24-36(4)39(7)40(8)41(9)55(77)42(58)10/h18-20,24,30,33,35-37,39-42,44-45,55,58,70,77-78H,14-17,21-23,25-29,31-32,34H2,1-13H3,(H,66,74)(H,67,83)(H,68,81)(H2,84,85,86)/b19-18+,30-24+,38-20-/t36-,37-,39+,40+,41-,42-,44?,45-,55-,58-,64-/m0/s1. The number of esters is 2. The van der Waals surface area contributed by atoms with Crippen molar-refractivity contribution in [2.75, 3.05) is 46.6 Å². The largest absolute Gasteiger partial charge is 0.507 e. The lowest BCUT2D eigenvalue weighted by atomic mass is 9.72. The molecule has 26 nitrogen and oxygen atoms in total. The van der Waals surface area contributed by atoms with Crippen molar-refractivity contribution >= 4 is 66.9 Å². The third kappa shape index (κ3) is 17.7. The third-order valence-electron chi connectivity index (χ3n) is 18.4. The molecule has 0 radical (unpaired) electrons. The molecule has 0 saturated carbocycles. The van der Waals surface area contributed by atoms with E-state index < -0.39 is 127 Å². The number of piperidine rings is 1. The average Bonchev–Trinajstić information content (AvgIpc) is 1.52. The molecule has 27 heteroatoms. The number of aliphatic imine (C=N–C) groups is 1.